The summed E-state index contributed by atoms with van der Waals surface area (Å²) in [5, 5.41) is 8.96. The largest absolute Gasteiger partial charge is 0.481 e. The van der Waals surface area contributed by atoms with Crippen LogP contribution in [0.25, 0.3) is 0 Å². The molecule has 114 valence electrons. The van der Waals surface area contributed by atoms with Crippen LogP contribution in [0.1, 0.15) is 24.0 Å². The predicted octanol–water partition coefficient (Wildman–Crippen LogP) is 2.72. The molecule has 1 aliphatic heterocycles. The number of aryl methyl sites for hydroxylation is 2. The number of benzene rings is 1. The fourth-order valence-electron chi connectivity index (χ4n) is 2.42. The van der Waals surface area contributed by atoms with Crippen LogP contribution >= 0.6 is 11.8 Å². The maximum atomic E-state index is 12.2. The number of carbonyl (C=O) groups is 2. The minimum Gasteiger partial charge on any atom is -0.481 e. The highest BCUT2D eigenvalue weighted by Crippen LogP contribution is 2.23. The summed E-state index contributed by atoms with van der Waals surface area (Å²) in [7, 11) is 0. The van der Waals surface area contributed by atoms with E-state index < -0.39 is 5.97 Å². The van der Waals surface area contributed by atoms with E-state index in [2.05, 4.69) is 26.0 Å². The molecule has 1 N–H and O–H groups in total. The number of hydrogen-bond acceptors (Lipinski definition) is 3. The lowest BCUT2D eigenvalue weighted by molar-refractivity contribution is -0.145. The summed E-state index contributed by atoms with van der Waals surface area (Å²) in [6.07, 6.45) is 1.13. The van der Waals surface area contributed by atoms with E-state index in [1.807, 2.05) is 6.07 Å². The molecule has 1 saturated heterocycles. The van der Waals surface area contributed by atoms with Crippen molar-refractivity contribution in [3.63, 3.8) is 0 Å². The standard InChI is InChI=1S/C16H21NO3S/c1-11-3-4-14(9-12(11)2)21-10-15(18)17-7-5-13(6-8-17)16(19)20/h3-4,9,13H,5-8,10H2,1-2H3,(H,19,20). The second-order valence-corrected chi connectivity index (χ2v) is 6.58. The molecule has 21 heavy (non-hydrogen) atoms. The van der Waals surface area contributed by atoms with Crippen molar-refractivity contribution in [2.24, 2.45) is 5.92 Å². The van der Waals surface area contributed by atoms with Crippen molar-refractivity contribution in [2.45, 2.75) is 31.6 Å². The van der Waals surface area contributed by atoms with E-state index in [-0.39, 0.29) is 11.8 Å². The number of carboxylic acids is 1. The van der Waals surface area contributed by atoms with Gasteiger partial charge in [0.25, 0.3) is 0 Å². The molecule has 4 nitrogen and oxygen atoms in total. The Morgan fingerprint density at radius 3 is 2.48 bits per heavy atom. The number of rotatable bonds is 4. The summed E-state index contributed by atoms with van der Waals surface area (Å²) in [5.41, 5.74) is 2.48. The fraction of sp³-hybridized carbons (Fsp3) is 0.500. The van der Waals surface area contributed by atoms with E-state index in [1.54, 1.807) is 16.7 Å². The fourth-order valence-corrected chi connectivity index (χ4v) is 3.31. The molecule has 0 spiro atoms. The third kappa shape index (κ3) is 4.24. The van der Waals surface area contributed by atoms with Crippen LogP contribution < -0.4 is 0 Å². The van der Waals surface area contributed by atoms with Crippen LogP contribution in [0, 0.1) is 19.8 Å². The maximum absolute atomic E-state index is 12.2. The van der Waals surface area contributed by atoms with Crippen molar-refractivity contribution < 1.29 is 14.7 Å². The predicted molar refractivity (Wildman–Crippen MR) is 83.6 cm³/mol. The number of thioether (sulfide) groups is 1. The van der Waals surface area contributed by atoms with Crippen LogP contribution in [0.5, 0.6) is 0 Å². The van der Waals surface area contributed by atoms with E-state index >= 15 is 0 Å². The lowest BCUT2D eigenvalue weighted by atomic mass is 9.97. The molecule has 5 heteroatoms. The Hall–Kier alpha value is -1.49. The number of likely N-dealkylation sites (tertiary alicyclic amines) is 1. The summed E-state index contributed by atoms with van der Waals surface area (Å²) in [5.74, 6) is -0.518. The molecule has 1 amide bonds. The monoisotopic (exact) mass is 307 g/mol. The van der Waals surface area contributed by atoms with Crippen molar-refractivity contribution in [3.8, 4) is 0 Å². The van der Waals surface area contributed by atoms with Crippen LogP contribution in [0.3, 0.4) is 0 Å². The average molecular weight is 307 g/mol. The Kier molecular flexibility index (Phi) is 5.28. The summed E-state index contributed by atoms with van der Waals surface area (Å²) >= 11 is 1.54. The minimum atomic E-state index is -0.744. The van der Waals surface area contributed by atoms with E-state index in [0.29, 0.717) is 31.7 Å². The molecule has 0 radical (unpaired) electrons. The van der Waals surface area contributed by atoms with Crippen molar-refractivity contribution in [2.75, 3.05) is 18.8 Å². The van der Waals surface area contributed by atoms with Gasteiger partial charge in [0.2, 0.25) is 5.91 Å². The van der Waals surface area contributed by atoms with Gasteiger partial charge in [-0.1, -0.05) is 6.07 Å². The molecular weight excluding hydrogens is 286 g/mol. The van der Waals surface area contributed by atoms with Gasteiger partial charge >= 0.3 is 5.97 Å². The second-order valence-electron chi connectivity index (χ2n) is 5.53. The highest BCUT2D eigenvalue weighted by molar-refractivity contribution is 8.00. The molecule has 1 aliphatic rings. The lowest BCUT2D eigenvalue weighted by Gasteiger charge is -2.30. The molecule has 1 heterocycles. The number of carbonyl (C=O) groups excluding carboxylic acids is 1. The zero-order chi connectivity index (χ0) is 15.4. The highest BCUT2D eigenvalue weighted by Gasteiger charge is 2.26. The Morgan fingerprint density at radius 2 is 1.90 bits per heavy atom. The van der Waals surface area contributed by atoms with E-state index in [9.17, 15) is 9.59 Å². The van der Waals surface area contributed by atoms with Gasteiger partial charge < -0.3 is 10.0 Å². The third-order valence-corrected chi connectivity index (χ3v) is 5.02. The number of piperidine rings is 1. The molecule has 0 atom stereocenters. The van der Waals surface area contributed by atoms with Gasteiger partial charge in [-0.15, -0.1) is 11.8 Å². The Labute approximate surface area is 129 Å². The van der Waals surface area contributed by atoms with E-state index in [0.717, 1.165) is 4.90 Å². The van der Waals surface area contributed by atoms with Gasteiger partial charge in [0.1, 0.15) is 0 Å². The summed E-state index contributed by atoms with van der Waals surface area (Å²) in [6.45, 7) is 5.26. The lowest BCUT2D eigenvalue weighted by Crippen LogP contribution is -2.41. The molecule has 1 fully saturated rings. The van der Waals surface area contributed by atoms with Gasteiger partial charge in [0.15, 0.2) is 0 Å². The molecular formula is C16H21NO3S. The summed E-state index contributed by atoms with van der Waals surface area (Å²) < 4.78 is 0. The van der Waals surface area contributed by atoms with Gasteiger partial charge in [0, 0.05) is 18.0 Å². The zero-order valence-corrected chi connectivity index (χ0v) is 13.3. The number of nitrogens with zero attached hydrogens (tertiary/aromatic N) is 1. The van der Waals surface area contributed by atoms with Crippen LogP contribution in [0.2, 0.25) is 0 Å². The molecule has 0 bridgehead atoms. The molecule has 0 aromatic heterocycles. The van der Waals surface area contributed by atoms with Gasteiger partial charge in [-0.3, -0.25) is 9.59 Å². The van der Waals surface area contributed by atoms with Crippen molar-refractivity contribution >= 4 is 23.6 Å². The quantitative estimate of drug-likeness (QED) is 0.869. The van der Waals surface area contributed by atoms with E-state index in [1.165, 1.54) is 11.1 Å². The van der Waals surface area contributed by atoms with Crippen LogP contribution in [0.4, 0.5) is 0 Å². The third-order valence-electron chi connectivity index (χ3n) is 4.04. The first-order valence-corrected chi connectivity index (χ1v) is 8.16. The number of amides is 1. The smallest absolute Gasteiger partial charge is 0.306 e. The van der Waals surface area contributed by atoms with Gasteiger partial charge in [-0.25, -0.2) is 0 Å². The number of aliphatic carboxylic acids is 1. The molecule has 1 aromatic carbocycles. The average Bonchev–Trinajstić information content (AvgIpc) is 2.48. The van der Waals surface area contributed by atoms with Crippen LogP contribution in [0.15, 0.2) is 23.1 Å². The first-order valence-electron chi connectivity index (χ1n) is 7.18. The normalized spacial score (nSPS) is 16.0. The first-order chi connectivity index (χ1) is 9.97. The van der Waals surface area contributed by atoms with Crippen molar-refractivity contribution in [1.82, 2.24) is 4.90 Å². The van der Waals surface area contributed by atoms with Crippen LogP contribution in [-0.4, -0.2) is 40.7 Å². The second kappa shape index (κ2) is 6.98. The van der Waals surface area contributed by atoms with Gasteiger partial charge in [0.05, 0.1) is 11.7 Å². The molecule has 2 rings (SSSR count). The number of carboxylic acid groups (broad SMARTS) is 1. The minimum absolute atomic E-state index is 0.0991. The molecule has 0 aliphatic carbocycles. The van der Waals surface area contributed by atoms with Gasteiger partial charge in [-0.2, -0.15) is 0 Å². The maximum Gasteiger partial charge on any atom is 0.306 e. The van der Waals surface area contributed by atoms with Crippen molar-refractivity contribution in [3.05, 3.63) is 29.3 Å². The Balaban J connectivity index is 1.82. The first kappa shape index (κ1) is 15.9. The Bertz CT molecular complexity index is 536. The van der Waals surface area contributed by atoms with Crippen LogP contribution in [-0.2, 0) is 9.59 Å². The number of hydrogen-bond donors (Lipinski definition) is 1. The summed E-state index contributed by atoms with van der Waals surface area (Å²) in [4.78, 5) is 25.9. The Morgan fingerprint density at radius 1 is 1.24 bits per heavy atom. The molecule has 1 aromatic rings. The highest BCUT2D eigenvalue weighted by atomic mass is 32.2. The zero-order valence-electron chi connectivity index (χ0n) is 12.5. The molecule has 0 saturated carbocycles. The SMILES string of the molecule is Cc1ccc(SCC(=O)N2CCC(C(=O)O)CC2)cc1C. The van der Waals surface area contributed by atoms with E-state index in [4.69, 9.17) is 5.11 Å². The van der Waals surface area contributed by atoms with Crippen molar-refractivity contribution in [1.29, 1.82) is 0 Å². The topological polar surface area (TPSA) is 57.6 Å². The summed E-state index contributed by atoms with van der Waals surface area (Å²) in [6, 6.07) is 6.21. The van der Waals surface area contributed by atoms with Gasteiger partial charge in [-0.05, 0) is 49.9 Å². The molecule has 0 unspecified atom stereocenters.